The van der Waals surface area contributed by atoms with Crippen LogP contribution in [0.25, 0.3) is 6.08 Å². The molecule has 0 bridgehead atoms. The van der Waals surface area contributed by atoms with Gasteiger partial charge in [-0.1, -0.05) is 41.9 Å². The molecule has 3 rings (SSSR count). The Balaban J connectivity index is 1.61. The molecule has 0 unspecified atom stereocenters. The summed E-state index contributed by atoms with van der Waals surface area (Å²) in [6.07, 6.45) is 2.88. The van der Waals surface area contributed by atoms with Crippen molar-refractivity contribution in [2.24, 2.45) is 0 Å². The van der Waals surface area contributed by atoms with Crippen molar-refractivity contribution < 1.29 is 14.3 Å². The van der Waals surface area contributed by atoms with E-state index in [-0.39, 0.29) is 5.91 Å². The number of para-hydroxylation sites is 1. The molecule has 0 aromatic heterocycles. The zero-order valence-corrected chi connectivity index (χ0v) is 14.6. The van der Waals surface area contributed by atoms with Gasteiger partial charge in [0.15, 0.2) is 6.10 Å². The maximum absolute atomic E-state index is 12.6. The molecule has 0 radical (unpaired) electrons. The van der Waals surface area contributed by atoms with Gasteiger partial charge in [-0.3, -0.25) is 4.79 Å². The standard InChI is InChI=1S/C20H18ClNO3/c1-14(20(24)22-12-11-16-6-2-3-8-18(16)22)25-19(23)10-9-15-5-4-7-17(21)13-15/h2-10,13-14H,11-12H2,1H3/b10-9+/t14-/m1/s1. The molecule has 5 heteroatoms. The summed E-state index contributed by atoms with van der Waals surface area (Å²) in [5.41, 5.74) is 2.82. The van der Waals surface area contributed by atoms with Crippen molar-refractivity contribution in [1.29, 1.82) is 0 Å². The van der Waals surface area contributed by atoms with Crippen molar-refractivity contribution in [3.8, 4) is 0 Å². The Labute approximate surface area is 151 Å². The van der Waals surface area contributed by atoms with Crippen LogP contribution in [0, 0.1) is 0 Å². The quantitative estimate of drug-likeness (QED) is 0.617. The van der Waals surface area contributed by atoms with Crippen LogP contribution in [0.1, 0.15) is 18.1 Å². The van der Waals surface area contributed by atoms with Crippen LogP contribution < -0.4 is 4.90 Å². The number of amides is 1. The summed E-state index contributed by atoms with van der Waals surface area (Å²) in [5, 5.41) is 0.590. The number of rotatable bonds is 4. The molecule has 0 saturated heterocycles. The molecule has 0 spiro atoms. The van der Waals surface area contributed by atoms with Crippen LogP contribution in [0.4, 0.5) is 5.69 Å². The third kappa shape index (κ3) is 4.09. The summed E-state index contributed by atoms with van der Waals surface area (Å²) in [7, 11) is 0. The van der Waals surface area contributed by atoms with Crippen molar-refractivity contribution in [3.63, 3.8) is 0 Å². The summed E-state index contributed by atoms with van der Waals surface area (Å²) in [6.45, 7) is 2.20. The van der Waals surface area contributed by atoms with Gasteiger partial charge in [-0.05, 0) is 48.7 Å². The Morgan fingerprint density at radius 1 is 1.20 bits per heavy atom. The second-order valence-electron chi connectivity index (χ2n) is 5.84. The number of esters is 1. The predicted octanol–water partition coefficient (Wildman–Crippen LogP) is 3.87. The number of benzene rings is 2. The van der Waals surface area contributed by atoms with E-state index in [4.69, 9.17) is 16.3 Å². The van der Waals surface area contributed by atoms with Gasteiger partial charge in [-0.15, -0.1) is 0 Å². The number of anilines is 1. The highest BCUT2D eigenvalue weighted by atomic mass is 35.5. The van der Waals surface area contributed by atoms with E-state index in [9.17, 15) is 9.59 Å². The molecule has 128 valence electrons. The van der Waals surface area contributed by atoms with Gasteiger partial charge in [0, 0.05) is 23.3 Å². The van der Waals surface area contributed by atoms with Crippen molar-refractivity contribution in [1.82, 2.24) is 0 Å². The highest BCUT2D eigenvalue weighted by Gasteiger charge is 2.29. The van der Waals surface area contributed by atoms with E-state index in [1.807, 2.05) is 30.3 Å². The molecular weight excluding hydrogens is 338 g/mol. The van der Waals surface area contributed by atoms with E-state index >= 15 is 0 Å². The van der Waals surface area contributed by atoms with Crippen LogP contribution in [0.2, 0.25) is 5.02 Å². The Hall–Kier alpha value is -2.59. The summed E-state index contributed by atoms with van der Waals surface area (Å²) in [4.78, 5) is 26.2. The fraction of sp³-hybridized carbons (Fsp3) is 0.200. The molecule has 2 aromatic carbocycles. The number of carbonyl (C=O) groups is 2. The average Bonchev–Trinajstić information content (AvgIpc) is 3.03. The van der Waals surface area contributed by atoms with Crippen LogP contribution >= 0.6 is 11.6 Å². The van der Waals surface area contributed by atoms with Crippen molar-refractivity contribution in [2.45, 2.75) is 19.4 Å². The largest absolute Gasteiger partial charge is 0.449 e. The molecule has 1 aliphatic heterocycles. The molecule has 1 heterocycles. The molecule has 2 aromatic rings. The summed E-state index contributed by atoms with van der Waals surface area (Å²) < 4.78 is 5.24. The normalized spacial score (nSPS) is 14.4. The molecule has 0 saturated carbocycles. The Morgan fingerprint density at radius 2 is 2.00 bits per heavy atom. The number of hydrogen-bond donors (Lipinski definition) is 0. The fourth-order valence-corrected chi connectivity index (χ4v) is 3.02. The second kappa shape index (κ2) is 7.53. The van der Waals surface area contributed by atoms with Crippen LogP contribution in [-0.2, 0) is 20.7 Å². The van der Waals surface area contributed by atoms with Gasteiger partial charge >= 0.3 is 5.97 Å². The average molecular weight is 356 g/mol. The predicted molar refractivity (Wildman–Crippen MR) is 98.5 cm³/mol. The zero-order chi connectivity index (χ0) is 17.8. The van der Waals surface area contributed by atoms with E-state index in [1.165, 1.54) is 6.08 Å². The molecule has 0 fully saturated rings. The number of hydrogen-bond acceptors (Lipinski definition) is 3. The maximum atomic E-state index is 12.6. The first-order chi connectivity index (χ1) is 12.0. The maximum Gasteiger partial charge on any atom is 0.331 e. The van der Waals surface area contributed by atoms with Gasteiger partial charge in [0.2, 0.25) is 0 Å². The summed E-state index contributed by atoms with van der Waals surface area (Å²) in [5.74, 6) is -0.775. The smallest absolute Gasteiger partial charge is 0.331 e. The number of fused-ring (bicyclic) bond motifs is 1. The van der Waals surface area contributed by atoms with E-state index in [1.54, 1.807) is 36.1 Å². The van der Waals surface area contributed by atoms with Gasteiger partial charge in [0.05, 0.1) is 0 Å². The lowest BCUT2D eigenvalue weighted by Gasteiger charge is -2.21. The SMILES string of the molecule is C[C@@H](OC(=O)/C=C/c1cccc(Cl)c1)C(=O)N1CCc2ccccc21. The highest BCUT2D eigenvalue weighted by molar-refractivity contribution is 6.30. The number of carbonyl (C=O) groups excluding carboxylic acids is 2. The topological polar surface area (TPSA) is 46.6 Å². The van der Waals surface area contributed by atoms with Crippen molar-refractivity contribution in [2.75, 3.05) is 11.4 Å². The minimum atomic E-state index is -0.845. The highest BCUT2D eigenvalue weighted by Crippen LogP contribution is 2.28. The van der Waals surface area contributed by atoms with Gasteiger partial charge in [0.25, 0.3) is 5.91 Å². The van der Waals surface area contributed by atoms with Gasteiger partial charge in [-0.25, -0.2) is 4.79 Å². The molecule has 0 N–H and O–H groups in total. The Bertz CT molecular complexity index is 831. The lowest BCUT2D eigenvalue weighted by atomic mass is 10.2. The number of halogens is 1. The van der Waals surface area contributed by atoms with Gasteiger partial charge < -0.3 is 9.64 Å². The number of nitrogens with zero attached hydrogens (tertiary/aromatic N) is 1. The van der Waals surface area contributed by atoms with E-state index in [0.717, 1.165) is 23.2 Å². The second-order valence-corrected chi connectivity index (χ2v) is 6.27. The van der Waals surface area contributed by atoms with Gasteiger partial charge in [0.1, 0.15) is 0 Å². The van der Waals surface area contributed by atoms with Crippen LogP contribution in [0.15, 0.2) is 54.6 Å². The third-order valence-electron chi connectivity index (χ3n) is 4.05. The Morgan fingerprint density at radius 3 is 2.80 bits per heavy atom. The molecule has 0 aliphatic carbocycles. The molecule has 1 aliphatic rings. The molecule has 25 heavy (non-hydrogen) atoms. The fourth-order valence-electron chi connectivity index (χ4n) is 2.83. The molecule has 4 nitrogen and oxygen atoms in total. The van der Waals surface area contributed by atoms with Gasteiger partial charge in [-0.2, -0.15) is 0 Å². The lowest BCUT2D eigenvalue weighted by Crippen LogP contribution is -2.38. The zero-order valence-electron chi connectivity index (χ0n) is 13.8. The van der Waals surface area contributed by atoms with E-state index in [2.05, 4.69) is 0 Å². The van der Waals surface area contributed by atoms with Crippen LogP contribution in [0.5, 0.6) is 0 Å². The minimum Gasteiger partial charge on any atom is -0.449 e. The molecule has 1 amide bonds. The van der Waals surface area contributed by atoms with Crippen LogP contribution in [-0.4, -0.2) is 24.5 Å². The monoisotopic (exact) mass is 355 g/mol. The first-order valence-electron chi connectivity index (χ1n) is 8.08. The molecular formula is C20H18ClNO3. The number of ether oxygens (including phenoxy) is 1. The third-order valence-corrected chi connectivity index (χ3v) is 4.29. The lowest BCUT2D eigenvalue weighted by molar-refractivity contribution is -0.149. The Kier molecular flexibility index (Phi) is 5.19. The van der Waals surface area contributed by atoms with Crippen LogP contribution in [0.3, 0.4) is 0 Å². The first kappa shape index (κ1) is 17.2. The van der Waals surface area contributed by atoms with E-state index in [0.29, 0.717) is 11.6 Å². The summed E-state index contributed by atoms with van der Waals surface area (Å²) in [6, 6.07) is 14.9. The summed E-state index contributed by atoms with van der Waals surface area (Å²) >= 11 is 5.90. The first-order valence-corrected chi connectivity index (χ1v) is 8.46. The van der Waals surface area contributed by atoms with Crippen molar-refractivity contribution in [3.05, 3.63) is 70.8 Å². The molecule has 1 atom stereocenters. The van der Waals surface area contributed by atoms with E-state index < -0.39 is 12.1 Å². The van der Waals surface area contributed by atoms with Crippen molar-refractivity contribution >= 4 is 35.2 Å². The minimum absolute atomic E-state index is 0.213.